The summed E-state index contributed by atoms with van der Waals surface area (Å²) in [5.41, 5.74) is -1.61. The molecule has 0 aliphatic carbocycles. The van der Waals surface area contributed by atoms with Crippen LogP contribution >= 0.6 is 0 Å². The van der Waals surface area contributed by atoms with Gasteiger partial charge >= 0.3 is 12.4 Å². The molecule has 0 spiro atoms. The van der Waals surface area contributed by atoms with Crippen molar-refractivity contribution >= 4 is 0 Å². The van der Waals surface area contributed by atoms with Gasteiger partial charge in [0.25, 0.3) is 0 Å². The molecule has 1 saturated heterocycles. The number of hydrogen-bond donors (Lipinski definition) is 0. The summed E-state index contributed by atoms with van der Waals surface area (Å²) in [5.74, 6) is 0. The summed E-state index contributed by atoms with van der Waals surface area (Å²) in [4.78, 5) is 0.619. The van der Waals surface area contributed by atoms with Gasteiger partial charge in [0.05, 0.1) is 0 Å². The number of alkyl halides is 6. The van der Waals surface area contributed by atoms with Gasteiger partial charge < -0.3 is 4.90 Å². The Labute approximate surface area is 69.6 Å². The minimum absolute atomic E-state index is 0.0292. The summed E-state index contributed by atoms with van der Waals surface area (Å²) in [5, 5.41) is 0. The zero-order valence-corrected chi connectivity index (χ0v) is 6.21. The van der Waals surface area contributed by atoms with Gasteiger partial charge in [0.1, 0.15) is 5.70 Å². The van der Waals surface area contributed by atoms with Crippen LogP contribution in [0.5, 0.6) is 0 Å². The van der Waals surface area contributed by atoms with E-state index in [1.54, 1.807) is 0 Å². The average molecular weight is 205 g/mol. The lowest BCUT2D eigenvalue weighted by Crippen LogP contribution is -2.21. The van der Waals surface area contributed by atoms with Gasteiger partial charge in [-0.15, -0.1) is 0 Å². The van der Waals surface area contributed by atoms with Crippen LogP contribution in [0.3, 0.4) is 0 Å². The quantitative estimate of drug-likeness (QED) is 0.469. The molecule has 0 aromatic rings. The summed E-state index contributed by atoms with van der Waals surface area (Å²) in [6.07, 6.45) is -10.6. The second-order valence-corrected chi connectivity index (χ2v) is 2.56. The van der Waals surface area contributed by atoms with Crippen LogP contribution in [0.2, 0.25) is 0 Å². The van der Waals surface area contributed by atoms with Gasteiger partial charge in [0.15, 0.2) is 0 Å². The van der Waals surface area contributed by atoms with Crippen molar-refractivity contribution in [1.82, 2.24) is 4.90 Å². The molecular weight excluding hydrogens is 200 g/mol. The smallest absolute Gasteiger partial charge is 0.364 e. The van der Waals surface area contributed by atoms with E-state index in [0.29, 0.717) is 4.90 Å². The van der Waals surface area contributed by atoms with Gasteiger partial charge in [0.2, 0.25) is 0 Å². The first-order valence-corrected chi connectivity index (χ1v) is 3.32. The molecule has 1 aliphatic heterocycles. The fraction of sp³-hybridized carbons (Fsp3) is 0.667. The van der Waals surface area contributed by atoms with E-state index in [0.717, 1.165) is 0 Å². The monoisotopic (exact) mass is 205 g/mol. The standard InChI is InChI=1S/C6H5F6N/c7-5(8,9)3-4(6(10,11)12)13-1-2-13/h3H,1-2H2/b4-3-. The van der Waals surface area contributed by atoms with Crippen LogP contribution < -0.4 is 0 Å². The van der Waals surface area contributed by atoms with E-state index in [-0.39, 0.29) is 13.1 Å². The lowest BCUT2D eigenvalue weighted by atomic mass is 10.4. The molecule has 13 heavy (non-hydrogen) atoms. The second kappa shape index (κ2) is 2.81. The van der Waals surface area contributed by atoms with E-state index in [4.69, 9.17) is 0 Å². The number of rotatable bonds is 1. The predicted octanol–water partition coefficient (Wildman–Crippen LogP) is 2.31. The lowest BCUT2D eigenvalue weighted by Gasteiger charge is -2.13. The van der Waals surface area contributed by atoms with Crippen LogP contribution in [0, 0.1) is 0 Å². The Kier molecular flexibility index (Phi) is 2.21. The fourth-order valence-electron chi connectivity index (χ4n) is 0.798. The van der Waals surface area contributed by atoms with Crippen molar-refractivity contribution in [3.8, 4) is 0 Å². The molecule has 0 aromatic carbocycles. The van der Waals surface area contributed by atoms with E-state index in [2.05, 4.69) is 0 Å². The highest BCUT2D eigenvalue weighted by Gasteiger charge is 2.44. The van der Waals surface area contributed by atoms with E-state index in [9.17, 15) is 26.3 Å². The highest BCUT2D eigenvalue weighted by Crippen LogP contribution is 2.35. The molecule has 1 heterocycles. The third-order valence-corrected chi connectivity index (χ3v) is 1.38. The van der Waals surface area contributed by atoms with Crippen LogP contribution in [-0.4, -0.2) is 30.3 Å². The van der Waals surface area contributed by atoms with E-state index in [1.807, 2.05) is 0 Å². The van der Waals surface area contributed by atoms with Crippen LogP contribution in [0.4, 0.5) is 26.3 Å². The van der Waals surface area contributed by atoms with Crippen molar-refractivity contribution in [2.45, 2.75) is 12.4 Å². The number of allylic oxidation sites excluding steroid dienone is 2. The van der Waals surface area contributed by atoms with Gasteiger partial charge in [-0.3, -0.25) is 0 Å². The molecule has 1 nitrogen and oxygen atoms in total. The van der Waals surface area contributed by atoms with Crippen LogP contribution in [-0.2, 0) is 0 Å². The first kappa shape index (κ1) is 10.2. The average Bonchev–Trinajstić information content (AvgIpc) is 2.58. The minimum atomic E-state index is -4.92. The maximum atomic E-state index is 11.9. The molecule has 0 bridgehead atoms. The highest BCUT2D eigenvalue weighted by atomic mass is 19.4. The molecule has 0 amide bonds. The van der Waals surface area contributed by atoms with Gasteiger partial charge in [-0.05, 0) is 0 Å². The molecule has 1 fully saturated rings. The predicted molar refractivity (Wildman–Crippen MR) is 31.8 cm³/mol. The van der Waals surface area contributed by atoms with Crippen LogP contribution in [0.15, 0.2) is 11.8 Å². The van der Waals surface area contributed by atoms with Crippen molar-refractivity contribution < 1.29 is 26.3 Å². The fourth-order valence-corrected chi connectivity index (χ4v) is 0.798. The van der Waals surface area contributed by atoms with Crippen molar-refractivity contribution in [2.24, 2.45) is 0 Å². The molecule has 0 unspecified atom stereocenters. The van der Waals surface area contributed by atoms with Gasteiger partial charge in [-0.2, -0.15) is 26.3 Å². The maximum absolute atomic E-state index is 11.9. The summed E-state index contributed by atoms with van der Waals surface area (Å²) in [6, 6.07) is 0. The first-order valence-electron chi connectivity index (χ1n) is 3.32. The molecule has 76 valence electrons. The van der Waals surface area contributed by atoms with Gasteiger partial charge in [0, 0.05) is 19.2 Å². The largest absolute Gasteiger partial charge is 0.431 e. The van der Waals surface area contributed by atoms with Crippen LogP contribution in [0.25, 0.3) is 0 Å². The molecule has 0 atom stereocenters. The van der Waals surface area contributed by atoms with Crippen molar-refractivity contribution in [2.75, 3.05) is 13.1 Å². The van der Waals surface area contributed by atoms with Crippen molar-refractivity contribution in [3.63, 3.8) is 0 Å². The zero-order chi connectivity index (χ0) is 10.3. The Morgan fingerprint density at radius 1 is 1.00 bits per heavy atom. The third kappa shape index (κ3) is 3.16. The summed E-state index contributed by atoms with van der Waals surface area (Å²) in [7, 11) is 0. The molecule has 0 N–H and O–H groups in total. The Morgan fingerprint density at radius 3 is 1.69 bits per heavy atom. The minimum Gasteiger partial charge on any atom is -0.364 e. The number of halogens is 6. The Hall–Kier alpha value is -0.880. The molecule has 0 aromatic heterocycles. The number of nitrogens with zero attached hydrogens (tertiary/aromatic N) is 1. The lowest BCUT2D eigenvalue weighted by molar-refractivity contribution is -0.117. The maximum Gasteiger partial charge on any atom is 0.431 e. The van der Waals surface area contributed by atoms with Crippen LogP contribution in [0.1, 0.15) is 0 Å². The Bertz CT molecular complexity index is 220. The number of hydrogen-bond acceptors (Lipinski definition) is 1. The highest BCUT2D eigenvalue weighted by molar-refractivity contribution is 5.14. The molecule has 0 saturated carbocycles. The Morgan fingerprint density at radius 2 is 1.46 bits per heavy atom. The Balaban J connectivity index is 2.85. The summed E-state index contributed by atoms with van der Waals surface area (Å²) in [6.45, 7) is 0.0584. The SMILES string of the molecule is FC(F)(F)/C=C(\N1CC1)C(F)(F)F. The summed E-state index contributed by atoms with van der Waals surface area (Å²) >= 11 is 0. The topological polar surface area (TPSA) is 3.01 Å². The van der Waals surface area contributed by atoms with E-state index in [1.165, 1.54) is 0 Å². The van der Waals surface area contributed by atoms with E-state index >= 15 is 0 Å². The molecule has 7 heteroatoms. The van der Waals surface area contributed by atoms with Gasteiger partial charge in [-0.1, -0.05) is 0 Å². The van der Waals surface area contributed by atoms with Crippen molar-refractivity contribution in [3.05, 3.63) is 11.8 Å². The summed E-state index contributed by atoms with van der Waals surface area (Å²) < 4.78 is 70.7. The second-order valence-electron chi connectivity index (χ2n) is 2.56. The molecule has 0 radical (unpaired) electrons. The third-order valence-electron chi connectivity index (χ3n) is 1.38. The molecule has 1 aliphatic rings. The van der Waals surface area contributed by atoms with Gasteiger partial charge in [-0.25, -0.2) is 0 Å². The normalized spacial score (nSPS) is 19.2. The first-order chi connectivity index (χ1) is 5.70. The zero-order valence-electron chi connectivity index (χ0n) is 6.21. The molecular formula is C6H5F6N. The molecule has 1 rings (SSSR count). The van der Waals surface area contributed by atoms with Crippen molar-refractivity contribution in [1.29, 1.82) is 0 Å². The van der Waals surface area contributed by atoms with E-state index < -0.39 is 24.1 Å².